The highest BCUT2D eigenvalue weighted by molar-refractivity contribution is 6.04. The maximum atomic E-state index is 13.1. The molecule has 1 aromatic heterocycles. The minimum absolute atomic E-state index is 0.210. The van der Waals surface area contributed by atoms with Crippen molar-refractivity contribution in [2.75, 3.05) is 5.32 Å². The fourth-order valence-corrected chi connectivity index (χ4v) is 2.68. The van der Waals surface area contributed by atoms with Gasteiger partial charge >= 0.3 is 6.18 Å². The second-order valence-electron chi connectivity index (χ2n) is 6.20. The molecule has 0 unspecified atom stereocenters. The van der Waals surface area contributed by atoms with E-state index in [1.165, 1.54) is 31.5 Å². The molecule has 148 valence electrons. The van der Waals surface area contributed by atoms with Crippen LogP contribution in [0.25, 0.3) is 17.2 Å². The number of hydrogen-bond acceptors (Lipinski definition) is 3. The van der Waals surface area contributed by atoms with Crippen LogP contribution in [0.15, 0.2) is 60.9 Å². The smallest absolute Gasteiger partial charge is 0.342 e. The number of carbonyl (C=O) groups is 2. The summed E-state index contributed by atoms with van der Waals surface area (Å²) in [6.07, 6.45) is 1.43. The Balaban J connectivity index is 1.90. The van der Waals surface area contributed by atoms with Crippen LogP contribution in [-0.4, -0.2) is 21.7 Å². The molecule has 2 aromatic carbocycles. The number of rotatable bonds is 5. The Bertz CT molecular complexity index is 1050. The number of nitrogens with one attached hydrogen (secondary N) is 2. The Kier molecular flexibility index (Phi) is 5.63. The van der Waals surface area contributed by atoms with Crippen molar-refractivity contribution in [1.29, 1.82) is 0 Å². The van der Waals surface area contributed by atoms with Crippen LogP contribution in [0.3, 0.4) is 0 Å². The lowest BCUT2D eigenvalue weighted by atomic mass is 9.99. The molecule has 0 aliphatic heterocycles. The Labute approximate surface area is 164 Å². The maximum absolute atomic E-state index is 13.1. The first-order valence-electron chi connectivity index (χ1n) is 8.55. The number of benzene rings is 2. The lowest BCUT2D eigenvalue weighted by molar-refractivity contribution is -0.137. The van der Waals surface area contributed by atoms with Crippen LogP contribution in [0.2, 0.25) is 0 Å². The molecule has 5 nitrogen and oxygen atoms in total. The predicted octanol–water partition coefficient (Wildman–Crippen LogP) is 4.95. The molecule has 29 heavy (non-hydrogen) atoms. The zero-order valence-electron chi connectivity index (χ0n) is 15.2. The van der Waals surface area contributed by atoms with E-state index in [0.29, 0.717) is 11.1 Å². The zero-order chi connectivity index (χ0) is 21.0. The largest absolute Gasteiger partial charge is 0.416 e. The van der Waals surface area contributed by atoms with E-state index in [2.05, 4.69) is 15.3 Å². The Morgan fingerprint density at radius 1 is 1.10 bits per heavy atom. The molecular weight excluding hydrogens is 383 g/mol. The van der Waals surface area contributed by atoms with Gasteiger partial charge in [0.2, 0.25) is 11.7 Å². The SMILES string of the molecule is CC(=O)Nc1ccc(C(F)(F)F)cc1-c1ccc(/C=C/C(=O)c2ncc[nH]2)cc1. The van der Waals surface area contributed by atoms with Gasteiger partial charge in [-0.1, -0.05) is 30.3 Å². The number of ketones is 1. The van der Waals surface area contributed by atoms with E-state index in [0.717, 1.165) is 12.1 Å². The third-order valence-corrected chi connectivity index (χ3v) is 4.04. The minimum Gasteiger partial charge on any atom is -0.342 e. The highest BCUT2D eigenvalue weighted by Crippen LogP contribution is 2.36. The van der Waals surface area contributed by atoms with Gasteiger partial charge < -0.3 is 10.3 Å². The molecular formula is C21H16F3N3O2. The number of aromatic nitrogens is 2. The summed E-state index contributed by atoms with van der Waals surface area (Å²) < 4.78 is 39.3. The standard InChI is InChI=1S/C21H16F3N3O2/c1-13(28)27-18-8-7-16(21(22,23)24)12-17(18)15-5-2-14(3-6-15)4-9-19(29)20-25-10-11-26-20/h2-12H,1H3,(H,25,26)(H,27,28)/b9-4+. The van der Waals surface area contributed by atoms with E-state index < -0.39 is 11.7 Å². The minimum atomic E-state index is -4.50. The van der Waals surface area contributed by atoms with Gasteiger partial charge in [0.05, 0.1) is 5.56 Å². The summed E-state index contributed by atoms with van der Waals surface area (Å²) in [7, 11) is 0. The highest BCUT2D eigenvalue weighted by atomic mass is 19.4. The molecule has 8 heteroatoms. The predicted molar refractivity (Wildman–Crippen MR) is 103 cm³/mol. The van der Waals surface area contributed by atoms with E-state index >= 15 is 0 Å². The lowest BCUT2D eigenvalue weighted by Gasteiger charge is -2.14. The average molecular weight is 399 g/mol. The molecule has 0 radical (unpaired) electrons. The van der Waals surface area contributed by atoms with Crippen LogP contribution in [0, 0.1) is 0 Å². The Morgan fingerprint density at radius 3 is 2.41 bits per heavy atom. The summed E-state index contributed by atoms with van der Waals surface area (Å²) in [5, 5.41) is 2.55. The van der Waals surface area contributed by atoms with Crippen LogP contribution in [-0.2, 0) is 11.0 Å². The van der Waals surface area contributed by atoms with Crippen LogP contribution >= 0.6 is 0 Å². The van der Waals surface area contributed by atoms with E-state index in [1.807, 2.05) is 0 Å². The van der Waals surface area contributed by atoms with Crippen molar-refractivity contribution in [2.45, 2.75) is 13.1 Å². The highest BCUT2D eigenvalue weighted by Gasteiger charge is 2.31. The van der Waals surface area contributed by atoms with Crippen molar-refractivity contribution < 1.29 is 22.8 Å². The number of allylic oxidation sites excluding steroid dienone is 1. The summed E-state index contributed by atoms with van der Waals surface area (Å²) in [6.45, 7) is 1.28. The van der Waals surface area contributed by atoms with Gasteiger partial charge in [-0.05, 0) is 35.4 Å². The zero-order valence-corrected chi connectivity index (χ0v) is 15.2. The molecule has 0 aliphatic carbocycles. The van der Waals surface area contributed by atoms with Gasteiger partial charge in [0, 0.05) is 30.6 Å². The molecule has 0 saturated carbocycles. The number of halogens is 3. The molecule has 3 rings (SSSR count). The number of amides is 1. The first-order chi connectivity index (χ1) is 13.7. The second kappa shape index (κ2) is 8.14. The Morgan fingerprint density at radius 2 is 1.83 bits per heavy atom. The molecule has 1 amide bonds. The summed E-state index contributed by atoms with van der Waals surface area (Å²) >= 11 is 0. The molecule has 0 aliphatic rings. The molecule has 1 heterocycles. The fourth-order valence-electron chi connectivity index (χ4n) is 2.68. The summed E-state index contributed by atoms with van der Waals surface area (Å²) in [5.41, 5.74) is 0.893. The monoisotopic (exact) mass is 399 g/mol. The van der Waals surface area contributed by atoms with Crippen LogP contribution < -0.4 is 5.32 Å². The number of anilines is 1. The van der Waals surface area contributed by atoms with Gasteiger partial charge in [0.25, 0.3) is 0 Å². The van der Waals surface area contributed by atoms with Crippen molar-refractivity contribution in [3.05, 3.63) is 77.9 Å². The van der Waals surface area contributed by atoms with E-state index in [-0.39, 0.29) is 28.8 Å². The number of nitrogens with zero attached hydrogens (tertiary/aromatic N) is 1. The number of alkyl halides is 3. The first-order valence-corrected chi connectivity index (χ1v) is 8.55. The molecule has 0 saturated heterocycles. The summed E-state index contributed by atoms with van der Waals surface area (Å²) in [4.78, 5) is 29.9. The van der Waals surface area contributed by atoms with Crippen LogP contribution in [0.1, 0.15) is 28.7 Å². The van der Waals surface area contributed by atoms with Gasteiger partial charge in [0.1, 0.15) is 0 Å². The molecule has 0 spiro atoms. The number of carbonyl (C=O) groups excluding carboxylic acids is 2. The fraction of sp³-hybridized carbons (Fsp3) is 0.0952. The van der Waals surface area contributed by atoms with E-state index in [9.17, 15) is 22.8 Å². The molecule has 0 bridgehead atoms. The van der Waals surface area contributed by atoms with Gasteiger partial charge in [-0.15, -0.1) is 0 Å². The van der Waals surface area contributed by atoms with Gasteiger partial charge in [0.15, 0.2) is 5.82 Å². The number of hydrogen-bond donors (Lipinski definition) is 2. The quantitative estimate of drug-likeness (QED) is 0.471. The molecule has 3 aromatic rings. The number of imidazole rings is 1. The molecule has 0 fully saturated rings. The number of H-pyrrole nitrogens is 1. The normalized spacial score (nSPS) is 11.6. The van der Waals surface area contributed by atoms with Gasteiger partial charge in [-0.3, -0.25) is 9.59 Å². The average Bonchev–Trinajstić information content (AvgIpc) is 3.20. The molecule has 2 N–H and O–H groups in total. The third-order valence-electron chi connectivity index (χ3n) is 4.04. The molecule has 0 atom stereocenters. The van der Waals surface area contributed by atoms with Crippen LogP contribution in [0.4, 0.5) is 18.9 Å². The van der Waals surface area contributed by atoms with E-state index in [4.69, 9.17) is 0 Å². The van der Waals surface area contributed by atoms with Crippen molar-refractivity contribution in [2.24, 2.45) is 0 Å². The second-order valence-corrected chi connectivity index (χ2v) is 6.20. The van der Waals surface area contributed by atoms with Crippen molar-refractivity contribution in [3.63, 3.8) is 0 Å². The number of aromatic amines is 1. The van der Waals surface area contributed by atoms with Crippen molar-refractivity contribution in [3.8, 4) is 11.1 Å². The van der Waals surface area contributed by atoms with Crippen molar-refractivity contribution >= 4 is 23.5 Å². The van der Waals surface area contributed by atoms with Crippen LogP contribution in [0.5, 0.6) is 0 Å². The topological polar surface area (TPSA) is 74.8 Å². The van der Waals surface area contributed by atoms with Crippen molar-refractivity contribution in [1.82, 2.24) is 9.97 Å². The van der Waals surface area contributed by atoms with Gasteiger partial charge in [-0.2, -0.15) is 13.2 Å². The summed E-state index contributed by atoms with van der Waals surface area (Å²) in [5.74, 6) is -0.478. The first kappa shape index (κ1) is 20.1. The lowest BCUT2D eigenvalue weighted by Crippen LogP contribution is -2.09. The maximum Gasteiger partial charge on any atom is 0.416 e. The third kappa shape index (κ3) is 4.98. The van der Waals surface area contributed by atoms with Gasteiger partial charge in [-0.25, -0.2) is 4.98 Å². The Hall–Kier alpha value is -3.68. The summed E-state index contributed by atoms with van der Waals surface area (Å²) in [6, 6.07) is 9.73. The van der Waals surface area contributed by atoms with E-state index in [1.54, 1.807) is 30.3 Å².